The first-order valence-electron chi connectivity index (χ1n) is 4.80. The van der Waals surface area contributed by atoms with Gasteiger partial charge in [0.05, 0.1) is 4.47 Å². The maximum Gasteiger partial charge on any atom is 0.357 e. The van der Waals surface area contributed by atoms with E-state index in [1.807, 2.05) is 0 Å². The molecule has 1 aliphatic rings. The van der Waals surface area contributed by atoms with Crippen LogP contribution in [0.4, 0.5) is 5.82 Å². The van der Waals surface area contributed by atoms with Crippen LogP contribution in [-0.4, -0.2) is 33.3 Å². The molecule has 0 unspecified atom stereocenters. The molecule has 0 saturated heterocycles. The molecule has 1 amide bonds. The van der Waals surface area contributed by atoms with Crippen LogP contribution in [0, 0.1) is 0 Å². The van der Waals surface area contributed by atoms with Crippen molar-refractivity contribution in [3.63, 3.8) is 0 Å². The van der Waals surface area contributed by atoms with Crippen molar-refractivity contribution in [2.24, 2.45) is 0 Å². The fourth-order valence-corrected chi connectivity index (χ4v) is 2.44. The zero-order valence-electron chi connectivity index (χ0n) is 8.60. The van der Waals surface area contributed by atoms with Crippen molar-refractivity contribution in [1.29, 1.82) is 0 Å². The minimum absolute atomic E-state index is 0.0526. The second-order valence-corrected chi connectivity index (χ2v) is 4.33. The summed E-state index contributed by atoms with van der Waals surface area (Å²) in [6.45, 7) is 2.68. The first-order valence-corrected chi connectivity index (χ1v) is 5.59. The predicted molar refractivity (Wildman–Crippen MR) is 59.5 cm³/mol. The molecule has 0 atom stereocenters. The lowest BCUT2D eigenvalue weighted by Gasteiger charge is -2.26. The normalized spacial score (nSPS) is 14.8. The number of aromatic nitrogens is 2. The first kappa shape index (κ1) is 11.1. The lowest BCUT2D eigenvalue weighted by Crippen LogP contribution is -2.36. The Bertz CT molecular complexity index is 469. The van der Waals surface area contributed by atoms with E-state index in [-0.39, 0.29) is 11.6 Å². The smallest absolute Gasteiger partial charge is 0.357 e. The summed E-state index contributed by atoms with van der Waals surface area (Å²) >= 11 is 3.19. The number of rotatable bonds is 1. The lowest BCUT2D eigenvalue weighted by molar-refractivity contribution is -0.116. The quantitative estimate of drug-likeness (QED) is 0.839. The first-order chi connectivity index (χ1) is 7.52. The molecule has 2 heterocycles. The van der Waals surface area contributed by atoms with E-state index >= 15 is 0 Å². The van der Waals surface area contributed by atoms with E-state index in [0.717, 1.165) is 6.42 Å². The number of amides is 1. The topological polar surface area (TPSA) is 75.4 Å². The summed E-state index contributed by atoms with van der Waals surface area (Å²) in [6.07, 6.45) is 0.778. The summed E-state index contributed by atoms with van der Waals surface area (Å²) in [5, 5.41) is 12.9. The van der Waals surface area contributed by atoms with Crippen LogP contribution in [0.3, 0.4) is 0 Å². The molecule has 0 fully saturated rings. The molecule has 0 spiro atoms. The Morgan fingerprint density at radius 1 is 1.44 bits per heavy atom. The van der Waals surface area contributed by atoms with E-state index in [9.17, 15) is 9.59 Å². The highest BCUT2D eigenvalue weighted by molar-refractivity contribution is 9.10. The summed E-state index contributed by atoms with van der Waals surface area (Å²) in [5.41, 5.74) is -0.0526. The molecule has 0 aliphatic carbocycles. The third-order valence-corrected chi connectivity index (χ3v) is 3.19. The fraction of sp³-hybridized carbons (Fsp3) is 0.444. The van der Waals surface area contributed by atoms with E-state index < -0.39 is 5.97 Å². The number of fused-ring (bicyclic) bond motifs is 1. The molecule has 0 bridgehead atoms. The molecule has 16 heavy (non-hydrogen) atoms. The number of carbonyl (C=O) groups is 2. The monoisotopic (exact) mass is 287 g/mol. The second-order valence-electron chi connectivity index (χ2n) is 3.54. The third kappa shape index (κ3) is 1.60. The minimum atomic E-state index is -1.10. The highest BCUT2D eigenvalue weighted by Crippen LogP contribution is 2.32. The molecule has 86 valence electrons. The number of carboxylic acid groups (broad SMARTS) is 1. The molecule has 0 aromatic carbocycles. The summed E-state index contributed by atoms with van der Waals surface area (Å²) in [5.74, 6) is -0.674. The molecule has 1 aliphatic heterocycles. The number of aromatic carboxylic acids is 1. The van der Waals surface area contributed by atoms with E-state index in [1.54, 1.807) is 4.68 Å². The average molecular weight is 288 g/mol. The zero-order chi connectivity index (χ0) is 11.9. The van der Waals surface area contributed by atoms with Crippen LogP contribution in [0.1, 0.15) is 23.8 Å². The molecular weight excluding hydrogens is 278 g/mol. The number of hydrogen-bond acceptors (Lipinski definition) is 3. The fourth-order valence-electron chi connectivity index (χ4n) is 1.77. The molecular formula is C9H10BrN3O3. The molecule has 2 rings (SSSR count). The number of anilines is 1. The summed E-state index contributed by atoms with van der Waals surface area (Å²) < 4.78 is 1.92. The Labute approximate surface area is 100.0 Å². The van der Waals surface area contributed by atoms with Crippen LogP contribution in [0.5, 0.6) is 0 Å². The highest BCUT2D eigenvalue weighted by Gasteiger charge is 2.29. The molecule has 1 aromatic heterocycles. The van der Waals surface area contributed by atoms with Crippen molar-refractivity contribution in [2.75, 3.05) is 11.4 Å². The molecule has 6 nitrogen and oxygen atoms in total. The van der Waals surface area contributed by atoms with Gasteiger partial charge in [-0.2, -0.15) is 5.10 Å². The van der Waals surface area contributed by atoms with Gasteiger partial charge in [0.15, 0.2) is 5.69 Å². The van der Waals surface area contributed by atoms with Crippen molar-refractivity contribution in [2.45, 2.75) is 19.9 Å². The average Bonchev–Trinajstić information content (AvgIpc) is 2.56. The number of hydrogen-bond donors (Lipinski definition) is 1. The van der Waals surface area contributed by atoms with Gasteiger partial charge in [-0.05, 0) is 22.4 Å². The Hall–Kier alpha value is -1.37. The molecule has 0 saturated carbocycles. The van der Waals surface area contributed by atoms with Crippen molar-refractivity contribution in [3.8, 4) is 0 Å². The van der Waals surface area contributed by atoms with Gasteiger partial charge in [-0.15, -0.1) is 0 Å². The van der Waals surface area contributed by atoms with E-state index in [1.165, 1.54) is 11.8 Å². The predicted octanol–water partition coefficient (Wildman–Crippen LogP) is 1.10. The zero-order valence-corrected chi connectivity index (χ0v) is 10.2. The van der Waals surface area contributed by atoms with Crippen LogP contribution in [-0.2, 0) is 11.3 Å². The number of halogens is 1. The van der Waals surface area contributed by atoms with Crippen molar-refractivity contribution in [3.05, 3.63) is 10.2 Å². The largest absolute Gasteiger partial charge is 0.476 e. The van der Waals surface area contributed by atoms with E-state index in [2.05, 4.69) is 21.0 Å². The van der Waals surface area contributed by atoms with Crippen LogP contribution in [0.25, 0.3) is 0 Å². The van der Waals surface area contributed by atoms with Gasteiger partial charge >= 0.3 is 5.97 Å². The molecule has 0 radical (unpaired) electrons. The van der Waals surface area contributed by atoms with Gasteiger partial charge in [-0.25, -0.2) is 9.48 Å². The Balaban J connectivity index is 2.55. The number of nitrogens with zero attached hydrogens (tertiary/aromatic N) is 3. The Morgan fingerprint density at radius 3 is 2.69 bits per heavy atom. The standard InChI is InChI=1S/C9H10BrN3O3/c1-5(14)12-3-2-4-13-8(12)6(10)7(11-13)9(15)16/h2-4H2,1H3,(H,15,16). The number of carbonyl (C=O) groups excluding carboxylic acids is 1. The Morgan fingerprint density at radius 2 is 2.12 bits per heavy atom. The maximum atomic E-state index is 11.4. The van der Waals surface area contributed by atoms with Gasteiger partial charge in [0.1, 0.15) is 5.82 Å². The van der Waals surface area contributed by atoms with Gasteiger partial charge in [0.25, 0.3) is 0 Å². The van der Waals surface area contributed by atoms with Crippen LogP contribution in [0.2, 0.25) is 0 Å². The third-order valence-electron chi connectivity index (χ3n) is 2.46. The number of aryl methyl sites for hydroxylation is 1. The maximum absolute atomic E-state index is 11.4. The summed E-state index contributed by atoms with van der Waals surface area (Å²) in [7, 11) is 0. The molecule has 1 aromatic rings. The second kappa shape index (κ2) is 3.89. The van der Waals surface area contributed by atoms with Crippen molar-refractivity contribution >= 4 is 33.6 Å². The van der Waals surface area contributed by atoms with Crippen LogP contribution in [0.15, 0.2) is 4.47 Å². The summed E-state index contributed by atoms with van der Waals surface area (Å²) in [4.78, 5) is 23.9. The van der Waals surface area contributed by atoms with Gasteiger partial charge in [0, 0.05) is 20.0 Å². The number of carboxylic acids is 1. The van der Waals surface area contributed by atoms with E-state index in [0.29, 0.717) is 23.4 Å². The van der Waals surface area contributed by atoms with Crippen molar-refractivity contribution < 1.29 is 14.7 Å². The van der Waals surface area contributed by atoms with Crippen LogP contribution < -0.4 is 4.90 Å². The van der Waals surface area contributed by atoms with Crippen LogP contribution >= 0.6 is 15.9 Å². The highest BCUT2D eigenvalue weighted by atomic mass is 79.9. The summed E-state index contributed by atoms with van der Waals surface area (Å²) in [6, 6.07) is 0. The molecule has 1 N–H and O–H groups in total. The minimum Gasteiger partial charge on any atom is -0.476 e. The van der Waals surface area contributed by atoms with Gasteiger partial charge in [0.2, 0.25) is 5.91 Å². The van der Waals surface area contributed by atoms with Gasteiger partial charge in [-0.1, -0.05) is 0 Å². The van der Waals surface area contributed by atoms with Gasteiger partial charge < -0.3 is 5.11 Å². The Kier molecular flexibility index (Phi) is 2.71. The SMILES string of the molecule is CC(=O)N1CCCn2nc(C(=O)O)c(Br)c21. The lowest BCUT2D eigenvalue weighted by atomic mass is 10.3. The van der Waals surface area contributed by atoms with E-state index in [4.69, 9.17) is 5.11 Å². The molecule has 7 heteroatoms. The van der Waals surface area contributed by atoms with Crippen molar-refractivity contribution in [1.82, 2.24) is 9.78 Å². The van der Waals surface area contributed by atoms with Gasteiger partial charge in [-0.3, -0.25) is 9.69 Å².